The van der Waals surface area contributed by atoms with Crippen molar-refractivity contribution in [2.45, 2.75) is 53.2 Å². The molecule has 4 aromatic carbocycles. The van der Waals surface area contributed by atoms with Gasteiger partial charge in [0.1, 0.15) is 18.1 Å². The van der Waals surface area contributed by atoms with Gasteiger partial charge in [-0.1, -0.05) is 91.6 Å². The standard InChI is InChI=1S/C45H47Cl2N3O4.C2H2O4/c1-31(2)36-13-15-39(16-14-36)52-24-19-34-9-11-35(12-10-34)29-49-20-22-50(23-21-49)44(51)26-32(3)38-25-33(4)45(42(47)27-38)54-43-18-17-40(28-48-43)53-30-37-7-5-6-8-41(37)46;3-1(4)2(5)6/h5-18,25-28,31H,19-24,29-30H2,1-4H3;(H,3,4)(H,5,6)/b32-26+;. The van der Waals surface area contributed by atoms with Crippen LogP contribution in [-0.4, -0.2) is 75.6 Å². The van der Waals surface area contributed by atoms with Crippen molar-refractivity contribution in [1.29, 1.82) is 0 Å². The maximum atomic E-state index is 13.3. The molecule has 1 saturated heterocycles. The number of carbonyl (C=O) groups is 3. The summed E-state index contributed by atoms with van der Waals surface area (Å²) in [5.41, 5.74) is 7.28. The average Bonchev–Trinajstić information content (AvgIpc) is 3.23. The molecular weight excluding hydrogens is 805 g/mol. The number of amides is 1. The van der Waals surface area contributed by atoms with Crippen LogP contribution in [-0.2, 0) is 34.0 Å². The molecule has 6 rings (SSSR count). The molecule has 0 unspecified atom stereocenters. The molecule has 0 spiro atoms. The number of carbonyl (C=O) groups excluding carboxylic acids is 1. The quantitative estimate of drug-likeness (QED) is 0.0820. The van der Waals surface area contributed by atoms with E-state index in [-0.39, 0.29) is 5.91 Å². The SMILES string of the molecule is C/C(=C\C(=O)N1CCN(Cc2ccc(CCOc3ccc(C(C)C)cc3)cc2)CC1)c1cc(C)c(Oc2ccc(OCc3ccccc3Cl)cn2)c(Cl)c1.O=C(O)C(=O)O. The Morgan fingerprint density at radius 1 is 0.800 bits per heavy atom. The minimum Gasteiger partial charge on any atom is -0.493 e. The Hall–Kier alpha value is -5.88. The molecule has 0 radical (unpaired) electrons. The predicted octanol–water partition coefficient (Wildman–Crippen LogP) is 9.72. The summed E-state index contributed by atoms with van der Waals surface area (Å²) in [6, 6.07) is 32.0. The van der Waals surface area contributed by atoms with E-state index in [9.17, 15) is 4.79 Å². The molecule has 2 heterocycles. The van der Waals surface area contributed by atoms with Gasteiger partial charge in [0.2, 0.25) is 11.8 Å². The van der Waals surface area contributed by atoms with Crippen LogP contribution in [0.4, 0.5) is 0 Å². The largest absolute Gasteiger partial charge is 0.493 e. The van der Waals surface area contributed by atoms with Gasteiger partial charge < -0.3 is 29.3 Å². The summed E-state index contributed by atoms with van der Waals surface area (Å²) in [7, 11) is 0. The highest BCUT2D eigenvalue weighted by molar-refractivity contribution is 6.32. The summed E-state index contributed by atoms with van der Waals surface area (Å²) in [4.78, 5) is 40.2. The minimum absolute atomic E-state index is 0.00438. The van der Waals surface area contributed by atoms with E-state index in [4.69, 9.17) is 57.2 Å². The first-order valence-corrected chi connectivity index (χ1v) is 20.3. The second-order valence-electron chi connectivity index (χ2n) is 14.6. The Bertz CT molecular complexity index is 2220. The number of rotatable bonds is 14. The summed E-state index contributed by atoms with van der Waals surface area (Å²) in [5, 5.41) is 15.9. The Balaban J connectivity index is 0.00000106. The molecule has 0 aliphatic carbocycles. The van der Waals surface area contributed by atoms with Gasteiger partial charge in [-0.25, -0.2) is 14.6 Å². The van der Waals surface area contributed by atoms with Crippen LogP contribution in [0.2, 0.25) is 10.0 Å². The van der Waals surface area contributed by atoms with E-state index >= 15 is 0 Å². The van der Waals surface area contributed by atoms with Crippen LogP contribution in [0, 0.1) is 6.92 Å². The molecule has 314 valence electrons. The number of nitrogens with zero attached hydrogens (tertiary/aromatic N) is 3. The number of aromatic nitrogens is 1. The van der Waals surface area contributed by atoms with Crippen molar-refractivity contribution in [2.75, 3.05) is 32.8 Å². The smallest absolute Gasteiger partial charge is 0.414 e. The van der Waals surface area contributed by atoms with Crippen LogP contribution in [0.25, 0.3) is 5.57 Å². The zero-order valence-electron chi connectivity index (χ0n) is 34.1. The Morgan fingerprint density at radius 3 is 2.05 bits per heavy atom. The van der Waals surface area contributed by atoms with Gasteiger partial charge in [0.05, 0.1) is 17.8 Å². The number of hydrogen-bond donors (Lipinski definition) is 2. The van der Waals surface area contributed by atoms with Crippen LogP contribution in [0.15, 0.2) is 109 Å². The Labute approximate surface area is 360 Å². The monoisotopic (exact) mass is 853 g/mol. The topological polar surface area (TPSA) is 139 Å². The highest BCUT2D eigenvalue weighted by atomic mass is 35.5. The highest BCUT2D eigenvalue weighted by Crippen LogP contribution is 2.35. The Kier molecular flexibility index (Phi) is 16.5. The van der Waals surface area contributed by atoms with Gasteiger partial charge in [-0.05, 0) is 89.6 Å². The summed E-state index contributed by atoms with van der Waals surface area (Å²) in [5.74, 6) is -0.717. The number of pyridine rings is 1. The third-order valence-corrected chi connectivity index (χ3v) is 10.4. The molecule has 0 atom stereocenters. The fourth-order valence-corrected chi connectivity index (χ4v) is 6.77. The zero-order valence-corrected chi connectivity index (χ0v) is 35.6. The molecule has 1 aliphatic heterocycles. The molecule has 11 nitrogen and oxygen atoms in total. The lowest BCUT2D eigenvalue weighted by Crippen LogP contribution is -2.47. The van der Waals surface area contributed by atoms with Crippen LogP contribution in [0.5, 0.6) is 23.1 Å². The van der Waals surface area contributed by atoms with Gasteiger partial charge in [-0.2, -0.15) is 0 Å². The number of allylic oxidation sites excluding steroid dienone is 1. The van der Waals surface area contributed by atoms with Crippen molar-refractivity contribution < 1.29 is 38.8 Å². The third kappa shape index (κ3) is 13.6. The second-order valence-corrected chi connectivity index (χ2v) is 15.4. The number of carboxylic acid groups (broad SMARTS) is 2. The first-order chi connectivity index (χ1) is 28.7. The van der Waals surface area contributed by atoms with Gasteiger partial charge in [-0.3, -0.25) is 9.69 Å². The summed E-state index contributed by atoms with van der Waals surface area (Å²) < 4.78 is 17.9. The van der Waals surface area contributed by atoms with E-state index in [0.717, 1.165) is 54.1 Å². The van der Waals surface area contributed by atoms with Gasteiger partial charge in [0.15, 0.2) is 5.75 Å². The summed E-state index contributed by atoms with van der Waals surface area (Å²) >= 11 is 12.9. The van der Waals surface area contributed by atoms with Crippen LogP contribution < -0.4 is 14.2 Å². The van der Waals surface area contributed by atoms with Crippen molar-refractivity contribution >= 4 is 46.6 Å². The van der Waals surface area contributed by atoms with E-state index in [2.05, 4.69) is 72.3 Å². The van der Waals surface area contributed by atoms with Gasteiger partial charge in [0, 0.05) is 61.9 Å². The van der Waals surface area contributed by atoms with E-state index < -0.39 is 11.9 Å². The number of carboxylic acids is 2. The van der Waals surface area contributed by atoms with Crippen molar-refractivity contribution in [3.63, 3.8) is 0 Å². The molecule has 1 aromatic heterocycles. The highest BCUT2D eigenvalue weighted by Gasteiger charge is 2.21. The number of piperazine rings is 1. The molecule has 1 aliphatic rings. The van der Waals surface area contributed by atoms with Gasteiger partial charge in [-0.15, -0.1) is 0 Å². The molecule has 60 heavy (non-hydrogen) atoms. The normalized spacial score (nSPS) is 13.0. The van der Waals surface area contributed by atoms with E-state index in [1.165, 1.54) is 16.7 Å². The second kappa shape index (κ2) is 21.9. The van der Waals surface area contributed by atoms with Crippen molar-refractivity contribution in [3.05, 3.63) is 153 Å². The number of aryl methyl sites for hydroxylation is 1. The summed E-state index contributed by atoms with van der Waals surface area (Å²) in [6.45, 7) is 13.1. The van der Waals surface area contributed by atoms with Crippen molar-refractivity contribution in [3.8, 4) is 23.1 Å². The molecule has 13 heteroatoms. The molecular formula is C47H49Cl2N3O8. The number of ether oxygens (including phenoxy) is 3. The number of halogens is 2. The van der Waals surface area contributed by atoms with Crippen LogP contribution in [0.3, 0.4) is 0 Å². The lowest BCUT2D eigenvalue weighted by atomic mass is 10.0. The van der Waals surface area contributed by atoms with Crippen LogP contribution in [0.1, 0.15) is 60.1 Å². The first-order valence-electron chi connectivity index (χ1n) is 19.5. The molecule has 5 aromatic rings. The maximum absolute atomic E-state index is 13.3. The lowest BCUT2D eigenvalue weighted by Gasteiger charge is -2.34. The van der Waals surface area contributed by atoms with E-state index in [1.54, 1.807) is 24.4 Å². The minimum atomic E-state index is -1.82. The van der Waals surface area contributed by atoms with Crippen LogP contribution >= 0.6 is 23.2 Å². The number of hydrogen-bond acceptors (Lipinski definition) is 8. The fraction of sp³-hybridized carbons (Fsp3) is 0.277. The predicted molar refractivity (Wildman–Crippen MR) is 233 cm³/mol. The molecule has 1 amide bonds. The maximum Gasteiger partial charge on any atom is 0.414 e. The zero-order chi connectivity index (χ0) is 43.2. The van der Waals surface area contributed by atoms with Gasteiger partial charge >= 0.3 is 11.9 Å². The summed E-state index contributed by atoms with van der Waals surface area (Å²) in [6.07, 6.45) is 4.16. The molecule has 1 fully saturated rings. The first kappa shape index (κ1) is 45.2. The Morgan fingerprint density at radius 2 is 1.45 bits per heavy atom. The molecule has 0 saturated carbocycles. The van der Waals surface area contributed by atoms with Crippen molar-refractivity contribution in [1.82, 2.24) is 14.8 Å². The fourth-order valence-electron chi connectivity index (χ4n) is 6.27. The van der Waals surface area contributed by atoms with E-state index in [1.807, 2.05) is 55.1 Å². The molecule has 2 N–H and O–H groups in total. The number of benzene rings is 4. The van der Waals surface area contributed by atoms with Gasteiger partial charge in [0.25, 0.3) is 0 Å². The molecule has 0 bridgehead atoms. The van der Waals surface area contributed by atoms with E-state index in [0.29, 0.717) is 59.6 Å². The number of aliphatic carboxylic acids is 2. The third-order valence-electron chi connectivity index (χ3n) is 9.79. The lowest BCUT2D eigenvalue weighted by molar-refractivity contribution is -0.159. The average molecular weight is 855 g/mol. The van der Waals surface area contributed by atoms with Crippen molar-refractivity contribution in [2.24, 2.45) is 0 Å².